The fraction of sp³-hybridized carbons (Fsp3) is 0.273. The number of carbonyl (C=O) groups excluding carboxylic acids is 3. The molecule has 0 saturated heterocycles. The van der Waals surface area contributed by atoms with Gasteiger partial charge in [-0.2, -0.15) is 0 Å². The number of nitrogens with zero attached hydrogens (tertiary/aromatic N) is 1. The van der Waals surface area contributed by atoms with E-state index in [1.165, 1.54) is 41.1 Å². The van der Waals surface area contributed by atoms with Crippen LogP contribution in [0.1, 0.15) is 34.8 Å². The second kappa shape index (κ2) is 11.4. The monoisotopic (exact) mass is 465 g/mol. The Hall–Kier alpha value is -2.46. The third kappa shape index (κ3) is 6.52. The first-order valence-electron chi connectivity index (χ1n) is 9.65. The van der Waals surface area contributed by atoms with E-state index in [0.717, 1.165) is 10.4 Å². The number of hydrogen-bond acceptors (Lipinski definition) is 5. The van der Waals surface area contributed by atoms with Crippen molar-refractivity contribution in [2.45, 2.75) is 31.8 Å². The number of urea groups is 1. The van der Waals surface area contributed by atoms with Gasteiger partial charge in [0.05, 0.1) is 12.5 Å². The van der Waals surface area contributed by atoms with E-state index in [4.69, 9.17) is 0 Å². The molecule has 2 heterocycles. The number of benzene rings is 1. The van der Waals surface area contributed by atoms with Crippen LogP contribution in [0.5, 0.6) is 0 Å². The molecule has 2 aromatic rings. The molecule has 10 heteroatoms. The van der Waals surface area contributed by atoms with Crippen LogP contribution in [0.4, 0.5) is 4.79 Å². The van der Waals surface area contributed by atoms with Crippen molar-refractivity contribution in [3.8, 4) is 0 Å². The molecule has 1 aromatic carbocycles. The Labute approximate surface area is 213 Å². The van der Waals surface area contributed by atoms with Crippen LogP contribution in [0.3, 0.4) is 0 Å². The molecule has 8 nitrogen and oxygen atoms in total. The number of rotatable bonds is 7. The van der Waals surface area contributed by atoms with Crippen molar-refractivity contribution in [3.05, 3.63) is 69.6 Å². The van der Waals surface area contributed by atoms with Gasteiger partial charge in [-0.25, -0.2) is 4.79 Å². The molecule has 3 amide bonds. The molecule has 2 unspecified atom stereocenters. The predicted octanol–water partition coefficient (Wildman–Crippen LogP) is -0.498. The Balaban J connectivity index is 0.00000272. The predicted molar refractivity (Wildman–Crippen MR) is 117 cm³/mol. The van der Waals surface area contributed by atoms with Crippen LogP contribution in [-0.4, -0.2) is 46.8 Å². The van der Waals surface area contributed by atoms with E-state index in [1.807, 2.05) is 37.3 Å². The zero-order valence-corrected chi connectivity index (χ0v) is 20.9. The smallest absolute Gasteiger partial charge is 1.00 e. The van der Waals surface area contributed by atoms with Crippen LogP contribution in [0.2, 0.25) is 0 Å². The van der Waals surface area contributed by atoms with E-state index in [2.05, 4.69) is 10.6 Å². The molecule has 0 aliphatic carbocycles. The third-order valence-electron chi connectivity index (χ3n) is 4.95. The van der Waals surface area contributed by atoms with Crippen LogP contribution in [-0.2, 0) is 20.8 Å². The van der Waals surface area contributed by atoms with Crippen molar-refractivity contribution < 1.29 is 55.3 Å². The van der Waals surface area contributed by atoms with Crippen LogP contribution >= 0.6 is 11.3 Å². The average molecular weight is 466 g/mol. The number of nitrogens with one attached hydrogen (secondary N) is 2. The first-order chi connectivity index (χ1) is 14.7. The normalized spacial score (nSPS) is 16.3. The first kappa shape index (κ1) is 25.8. The Morgan fingerprint density at radius 3 is 2.62 bits per heavy atom. The molecule has 0 bridgehead atoms. The first-order valence-corrected chi connectivity index (χ1v) is 10.5. The van der Waals surface area contributed by atoms with E-state index in [0.29, 0.717) is 11.3 Å². The van der Waals surface area contributed by atoms with E-state index in [1.54, 1.807) is 6.07 Å². The Morgan fingerprint density at radius 1 is 1.22 bits per heavy atom. The Kier molecular flexibility index (Phi) is 9.21. The minimum absolute atomic E-state index is 0. The van der Waals surface area contributed by atoms with Crippen molar-refractivity contribution in [1.29, 1.82) is 0 Å². The molecule has 0 fully saturated rings. The van der Waals surface area contributed by atoms with Gasteiger partial charge in [-0.05, 0) is 30.2 Å². The van der Waals surface area contributed by atoms with Gasteiger partial charge in [-0.15, -0.1) is 11.3 Å². The van der Waals surface area contributed by atoms with Crippen molar-refractivity contribution in [3.63, 3.8) is 0 Å². The minimum atomic E-state index is -1.33. The van der Waals surface area contributed by atoms with Gasteiger partial charge < -0.3 is 22.1 Å². The molecular formula is C22H24N3NaO5S. The molecule has 164 valence electrons. The fourth-order valence-corrected chi connectivity index (χ4v) is 4.30. The van der Waals surface area contributed by atoms with E-state index in [9.17, 15) is 24.3 Å². The molecule has 1 aliphatic heterocycles. The number of ketones is 1. The number of carbonyl (C=O) groups is 4. The number of amides is 3. The number of likely N-dealkylation sites (N-methyl/N-ethyl adjacent to an activating group) is 1. The summed E-state index contributed by atoms with van der Waals surface area (Å²) in [5.74, 6) is -2.18. The Morgan fingerprint density at radius 2 is 1.94 bits per heavy atom. The van der Waals surface area contributed by atoms with Crippen LogP contribution in [0, 0.1) is 6.92 Å². The summed E-state index contributed by atoms with van der Waals surface area (Å²) in [7, 11) is 1.48. The summed E-state index contributed by atoms with van der Waals surface area (Å²) in [5, 5.41) is 14.2. The average Bonchev–Trinajstić information content (AvgIpc) is 3.18. The second-order valence-corrected chi connectivity index (χ2v) is 8.48. The summed E-state index contributed by atoms with van der Waals surface area (Å²) in [6.45, 7) is 2.03. The van der Waals surface area contributed by atoms with Gasteiger partial charge in [0.25, 0.3) is 5.91 Å². The van der Waals surface area contributed by atoms with Crippen molar-refractivity contribution in [1.82, 2.24) is 15.5 Å². The quantitative estimate of drug-likeness (QED) is 0.377. The van der Waals surface area contributed by atoms with Crippen molar-refractivity contribution in [2.75, 3.05) is 7.05 Å². The molecule has 1 aromatic heterocycles. The maximum absolute atomic E-state index is 12.5. The number of aryl methyl sites for hydroxylation is 1. The maximum atomic E-state index is 12.5. The van der Waals surface area contributed by atoms with Crippen molar-refractivity contribution in [2.24, 2.45) is 0 Å². The molecule has 1 aliphatic rings. The van der Waals surface area contributed by atoms with Crippen LogP contribution in [0.25, 0.3) is 0 Å². The largest absolute Gasteiger partial charge is 1.00 e. The standard InChI is InChI=1S/C22H23N3O5S.Na.H/c1-13-5-3-4-6-14(13)11-15-7-8-18(31-15)16(12-19(27)28)23-22(30)24-20-17(26)9-10-25(2)21(20)29;;/h3-10,16,20H,11-12H2,1-2H3,(H,27,28)(H2,23,24,30);;/q;+1;-1. The summed E-state index contributed by atoms with van der Waals surface area (Å²) in [6.07, 6.45) is 2.91. The number of carboxylic acid groups (broad SMARTS) is 1. The van der Waals surface area contributed by atoms with Gasteiger partial charge >= 0.3 is 41.6 Å². The number of thiophene rings is 1. The van der Waals surface area contributed by atoms with Crippen molar-refractivity contribution >= 4 is 35.0 Å². The molecule has 2 atom stereocenters. The number of hydrogen-bond donors (Lipinski definition) is 3. The number of carboxylic acids is 1. The maximum Gasteiger partial charge on any atom is 1.00 e. The van der Waals surface area contributed by atoms with Gasteiger partial charge in [0, 0.05) is 35.5 Å². The third-order valence-corrected chi connectivity index (χ3v) is 6.15. The molecule has 32 heavy (non-hydrogen) atoms. The summed E-state index contributed by atoms with van der Waals surface area (Å²) in [4.78, 5) is 50.8. The molecule has 0 radical (unpaired) electrons. The zero-order chi connectivity index (χ0) is 22.5. The minimum Gasteiger partial charge on any atom is -1.00 e. The zero-order valence-electron chi connectivity index (χ0n) is 19.1. The molecule has 0 spiro atoms. The van der Waals surface area contributed by atoms with Gasteiger partial charge in [0.15, 0.2) is 11.8 Å². The summed E-state index contributed by atoms with van der Waals surface area (Å²) in [5.41, 5.74) is 2.33. The summed E-state index contributed by atoms with van der Waals surface area (Å²) >= 11 is 1.42. The Bertz CT molecular complexity index is 1060. The van der Waals surface area contributed by atoms with Gasteiger partial charge in [-0.1, -0.05) is 24.3 Å². The van der Waals surface area contributed by atoms with Gasteiger partial charge in [0.2, 0.25) is 0 Å². The summed E-state index contributed by atoms with van der Waals surface area (Å²) < 4.78 is 0. The van der Waals surface area contributed by atoms with Crippen LogP contribution in [0.15, 0.2) is 48.7 Å². The molecular weight excluding hydrogens is 441 g/mol. The second-order valence-electron chi connectivity index (χ2n) is 7.28. The van der Waals surface area contributed by atoms with Crippen LogP contribution < -0.4 is 40.2 Å². The molecule has 0 saturated carbocycles. The van der Waals surface area contributed by atoms with E-state index < -0.39 is 35.8 Å². The topological polar surface area (TPSA) is 116 Å². The number of aliphatic carboxylic acids is 1. The molecule has 3 rings (SSSR count). The van der Waals surface area contributed by atoms with E-state index in [-0.39, 0.29) is 37.4 Å². The summed E-state index contributed by atoms with van der Waals surface area (Å²) in [6, 6.07) is 8.80. The van der Waals surface area contributed by atoms with Gasteiger partial charge in [0.1, 0.15) is 0 Å². The SMILES string of the molecule is Cc1ccccc1Cc1ccc(C(CC(=O)O)NC(=O)NC2C(=O)C=CN(C)C2=O)s1.[H-].[Na+]. The van der Waals surface area contributed by atoms with E-state index >= 15 is 0 Å². The fourth-order valence-electron chi connectivity index (χ4n) is 3.21. The molecule has 3 N–H and O–H groups in total. The van der Waals surface area contributed by atoms with Gasteiger partial charge in [-0.3, -0.25) is 14.4 Å².